The van der Waals surface area contributed by atoms with Gasteiger partial charge in [-0.1, -0.05) is 30.3 Å². The van der Waals surface area contributed by atoms with E-state index in [-0.39, 0.29) is 5.54 Å². The number of nitrogens with one attached hydrogen (secondary N) is 2. The Labute approximate surface area is 230 Å². The number of aliphatic imine (C=N–C) groups is 2. The number of benzene rings is 2. The van der Waals surface area contributed by atoms with Gasteiger partial charge in [0.25, 0.3) is 0 Å². The Morgan fingerprint density at radius 2 is 1.79 bits per heavy atom. The van der Waals surface area contributed by atoms with Crippen LogP contribution in [0.3, 0.4) is 0 Å². The molecule has 2 aliphatic heterocycles. The first-order chi connectivity index (χ1) is 18.7. The lowest BCUT2D eigenvalue weighted by Crippen LogP contribution is -2.46. The van der Waals surface area contributed by atoms with E-state index < -0.39 is 12.3 Å². The number of nitrogens with zero attached hydrogens (tertiary/aromatic N) is 4. The van der Waals surface area contributed by atoms with Crippen LogP contribution >= 0.6 is 0 Å². The molecular weight excluding hydrogens is 492 g/mol. The Bertz CT molecular complexity index is 1220. The molecule has 2 aromatic rings. The van der Waals surface area contributed by atoms with E-state index in [9.17, 15) is 14.7 Å². The van der Waals surface area contributed by atoms with Crippen molar-refractivity contribution in [3.63, 3.8) is 0 Å². The van der Waals surface area contributed by atoms with Crippen LogP contribution in [-0.2, 0) is 11.3 Å². The van der Waals surface area contributed by atoms with Crippen LogP contribution in [-0.4, -0.2) is 65.6 Å². The molecule has 0 bridgehead atoms. The summed E-state index contributed by atoms with van der Waals surface area (Å²) in [4.78, 5) is 35.8. The summed E-state index contributed by atoms with van der Waals surface area (Å²) in [5, 5.41) is 16.1. The van der Waals surface area contributed by atoms with Crippen LogP contribution < -0.4 is 15.5 Å². The molecule has 3 N–H and O–H groups in total. The molecular formula is C30H38N6O3. The Balaban J connectivity index is 1.28. The summed E-state index contributed by atoms with van der Waals surface area (Å²) in [6.07, 6.45) is 3.12. The topological polar surface area (TPSA) is 110 Å². The van der Waals surface area contributed by atoms with Crippen LogP contribution in [0.5, 0.6) is 0 Å². The van der Waals surface area contributed by atoms with Crippen molar-refractivity contribution in [2.75, 3.05) is 29.9 Å². The van der Waals surface area contributed by atoms with Gasteiger partial charge in [-0.25, -0.2) is 19.6 Å². The lowest BCUT2D eigenvalue weighted by molar-refractivity contribution is 0.0949. The summed E-state index contributed by atoms with van der Waals surface area (Å²) in [6, 6.07) is 18.1. The molecule has 206 valence electrons. The highest BCUT2D eigenvalue weighted by molar-refractivity contribution is 6.06. The van der Waals surface area contributed by atoms with Crippen LogP contribution in [0.1, 0.15) is 45.6 Å². The van der Waals surface area contributed by atoms with Gasteiger partial charge in [-0.2, -0.15) is 0 Å². The van der Waals surface area contributed by atoms with Gasteiger partial charge < -0.3 is 20.2 Å². The van der Waals surface area contributed by atoms with Gasteiger partial charge in [0.15, 0.2) is 0 Å². The largest absolute Gasteiger partial charge is 0.465 e. The maximum atomic E-state index is 11.6. The smallest absolute Gasteiger partial charge is 0.407 e. The third kappa shape index (κ3) is 7.78. The number of amides is 1. The molecule has 9 nitrogen and oxygen atoms in total. The molecule has 1 unspecified atom stereocenters. The minimum absolute atomic E-state index is 0.365. The molecule has 2 aliphatic rings. The predicted molar refractivity (Wildman–Crippen MR) is 156 cm³/mol. The second kappa shape index (κ2) is 12.7. The molecule has 1 fully saturated rings. The van der Waals surface area contributed by atoms with Crippen LogP contribution in [0, 0.1) is 5.92 Å². The third-order valence-corrected chi connectivity index (χ3v) is 7.24. The van der Waals surface area contributed by atoms with Crippen LogP contribution in [0.15, 0.2) is 70.2 Å². The van der Waals surface area contributed by atoms with Gasteiger partial charge in [0.05, 0.1) is 5.57 Å². The third-order valence-electron chi connectivity index (χ3n) is 7.24. The molecule has 4 rings (SSSR count). The molecule has 2 aromatic carbocycles. The maximum absolute atomic E-state index is 11.6. The fourth-order valence-electron chi connectivity index (χ4n) is 4.93. The molecule has 1 amide bonds. The van der Waals surface area contributed by atoms with Crippen molar-refractivity contribution in [3.8, 4) is 0 Å². The first-order valence-electron chi connectivity index (χ1n) is 13.5. The molecule has 1 atom stereocenters. The summed E-state index contributed by atoms with van der Waals surface area (Å²) >= 11 is 0. The number of hydrogen-bond acceptors (Lipinski definition) is 7. The van der Waals surface area contributed by atoms with Crippen molar-refractivity contribution in [3.05, 3.63) is 65.7 Å². The van der Waals surface area contributed by atoms with Crippen LogP contribution in [0.25, 0.3) is 0 Å². The molecule has 0 saturated carbocycles. The molecule has 1 saturated heterocycles. The number of anilines is 2. The van der Waals surface area contributed by atoms with Crippen molar-refractivity contribution in [1.29, 1.82) is 0 Å². The summed E-state index contributed by atoms with van der Waals surface area (Å²) in [7, 11) is 0. The molecule has 2 heterocycles. The Kier molecular flexibility index (Phi) is 9.17. The molecule has 0 aromatic heterocycles. The molecule has 0 spiro atoms. The van der Waals surface area contributed by atoms with Gasteiger partial charge >= 0.3 is 6.09 Å². The number of carbonyl (C=O) groups excluding carboxylic acids is 1. The average Bonchev–Trinajstić information content (AvgIpc) is 2.92. The fraction of sp³-hybridized carbons (Fsp3) is 0.433. The molecule has 9 heteroatoms. The van der Waals surface area contributed by atoms with Crippen molar-refractivity contribution < 1.29 is 14.7 Å². The van der Waals surface area contributed by atoms with Crippen molar-refractivity contribution >= 4 is 35.6 Å². The van der Waals surface area contributed by atoms with E-state index in [1.54, 1.807) is 4.90 Å². The van der Waals surface area contributed by atoms with E-state index in [0.29, 0.717) is 30.5 Å². The van der Waals surface area contributed by atoms with Gasteiger partial charge in [-0.3, -0.25) is 5.32 Å². The van der Waals surface area contributed by atoms with Crippen molar-refractivity contribution in [1.82, 2.24) is 10.2 Å². The Morgan fingerprint density at radius 1 is 1.10 bits per heavy atom. The standard InChI is InChI=1S/C30H38N6O3/c1-30(2,3)36(29(38)39)18-15-22-13-16-35(17-14-22)26-11-9-25(10-12-26)33-28-32-20-24(21-37)27(34-28)31-19-23-7-5-4-6-8-23/h4-12,20,22,27,31H,13-19H2,1-3H3,(H,33,34)(H,38,39). The van der Waals surface area contributed by atoms with E-state index in [1.165, 1.54) is 6.21 Å². The number of rotatable bonds is 8. The summed E-state index contributed by atoms with van der Waals surface area (Å²) < 4.78 is 0. The van der Waals surface area contributed by atoms with E-state index in [2.05, 4.69) is 37.7 Å². The quantitative estimate of drug-likeness (QED) is 0.423. The zero-order chi connectivity index (χ0) is 27.8. The molecule has 39 heavy (non-hydrogen) atoms. The summed E-state index contributed by atoms with van der Waals surface area (Å²) in [5.74, 6) is 2.89. The zero-order valence-electron chi connectivity index (χ0n) is 22.9. The number of guanidine groups is 1. The van der Waals surface area contributed by atoms with Gasteiger partial charge in [-0.05, 0) is 75.8 Å². The fourth-order valence-corrected chi connectivity index (χ4v) is 4.93. The van der Waals surface area contributed by atoms with E-state index in [0.717, 1.165) is 49.3 Å². The second-order valence-corrected chi connectivity index (χ2v) is 11.0. The Morgan fingerprint density at radius 3 is 2.41 bits per heavy atom. The molecule has 0 aliphatic carbocycles. The molecule has 0 radical (unpaired) electrons. The zero-order valence-corrected chi connectivity index (χ0v) is 22.9. The van der Waals surface area contributed by atoms with Gasteiger partial charge in [0.1, 0.15) is 12.1 Å². The van der Waals surface area contributed by atoms with E-state index in [4.69, 9.17) is 0 Å². The van der Waals surface area contributed by atoms with Gasteiger partial charge in [0.2, 0.25) is 5.96 Å². The highest BCUT2D eigenvalue weighted by Gasteiger charge is 2.28. The van der Waals surface area contributed by atoms with Crippen LogP contribution in [0.2, 0.25) is 0 Å². The summed E-state index contributed by atoms with van der Waals surface area (Å²) in [6.45, 7) is 8.87. The highest BCUT2D eigenvalue weighted by Crippen LogP contribution is 2.27. The van der Waals surface area contributed by atoms with Crippen molar-refractivity contribution in [2.24, 2.45) is 15.9 Å². The van der Waals surface area contributed by atoms with Gasteiger partial charge in [-0.15, -0.1) is 0 Å². The highest BCUT2D eigenvalue weighted by atomic mass is 16.4. The van der Waals surface area contributed by atoms with Crippen molar-refractivity contribution in [2.45, 2.75) is 58.3 Å². The number of piperidine rings is 1. The van der Waals surface area contributed by atoms with Crippen LogP contribution in [0.4, 0.5) is 16.2 Å². The number of hydrogen-bond donors (Lipinski definition) is 3. The lowest BCUT2D eigenvalue weighted by Gasteiger charge is -2.37. The van der Waals surface area contributed by atoms with E-state index >= 15 is 0 Å². The minimum atomic E-state index is -0.849. The Hall–Kier alpha value is -3.94. The SMILES string of the molecule is CC(C)(C)N(CCC1CCN(c2ccc(NC3=NC(NCc4ccccc4)C(=C=O)C=N3)cc2)CC1)C(=O)O. The lowest BCUT2D eigenvalue weighted by atomic mass is 9.92. The maximum Gasteiger partial charge on any atom is 0.407 e. The minimum Gasteiger partial charge on any atom is -0.465 e. The summed E-state index contributed by atoms with van der Waals surface area (Å²) in [5.41, 5.74) is 3.10. The number of carboxylic acid groups (broad SMARTS) is 1. The first kappa shape index (κ1) is 28.1. The first-order valence-corrected chi connectivity index (χ1v) is 13.5. The second-order valence-electron chi connectivity index (χ2n) is 11.0. The number of carbonyl (C=O) groups is 1. The monoisotopic (exact) mass is 530 g/mol. The predicted octanol–water partition coefficient (Wildman–Crippen LogP) is 4.80. The average molecular weight is 531 g/mol. The van der Waals surface area contributed by atoms with E-state index in [1.807, 2.05) is 69.2 Å². The van der Waals surface area contributed by atoms with Gasteiger partial charge in [0, 0.05) is 49.3 Å². The normalized spacial score (nSPS) is 17.9.